The maximum absolute atomic E-state index is 12.6. The maximum Gasteiger partial charge on any atom is 0.122 e. The Morgan fingerprint density at radius 2 is 2.00 bits per heavy atom. The van der Waals surface area contributed by atoms with Crippen molar-refractivity contribution in [2.24, 2.45) is 0 Å². The molecule has 0 saturated carbocycles. The lowest BCUT2D eigenvalue weighted by atomic mass is 9.75. The van der Waals surface area contributed by atoms with E-state index in [2.05, 4.69) is 28.9 Å². The molecule has 3 nitrogen and oxygen atoms in total. The molecule has 19 heavy (non-hydrogen) atoms. The van der Waals surface area contributed by atoms with Gasteiger partial charge in [-0.3, -0.25) is 4.21 Å². The van der Waals surface area contributed by atoms with Crippen LogP contribution in [-0.2, 0) is 14.9 Å². The number of hydrogen-bond donors (Lipinski definition) is 0. The van der Waals surface area contributed by atoms with E-state index >= 15 is 0 Å². The molecular weight excluding hydrogens is 256 g/mol. The molecule has 1 spiro atoms. The molecule has 1 aromatic rings. The Balaban J connectivity index is 0.000000637. The molecule has 1 aromatic heterocycles. The topological polar surface area (TPSA) is 33.2 Å². The number of aromatic nitrogens is 1. The summed E-state index contributed by atoms with van der Waals surface area (Å²) < 4.78 is 12.6. The van der Waals surface area contributed by atoms with Crippen molar-refractivity contribution in [3.63, 3.8) is 0 Å². The standard InChI is InChI=1S/C13H18N2OS.C2H6/c1-15-8-5-13(6-9-15)10-17(2,16)12-11(13)4-3-7-14-12;1-2/h3-4,7H,2,5-6,8-10H2,1H3;1-2H3. The number of fused-ring (bicyclic) bond motifs is 2. The third-order valence-electron chi connectivity index (χ3n) is 4.15. The summed E-state index contributed by atoms with van der Waals surface area (Å²) in [5.74, 6) is 4.63. The van der Waals surface area contributed by atoms with Gasteiger partial charge in [0.05, 0.1) is 0 Å². The highest BCUT2D eigenvalue weighted by Crippen LogP contribution is 2.45. The number of pyridine rings is 1. The second-order valence-corrected chi connectivity index (χ2v) is 7.69. The highest BCUT2D eigenvalue weighted by atomic mass is 32.2. The van der Waals surface area contributed by atoms with Gasteiger partial charge in [0.2, 0.25) is 0 Å². The predicted octanol–water partition coefficient (Wildman–Crippen LogP) is 2.16. The van der Waals surface area contributed by atoms with E-state index in [9.17, 15) is 4.21 Å². The molecule has 2 aliphatic heterocycles. The zero-order valence-corrected chi connectivity index (χ0v) is 13.0. The molecule has 0 bridgehead atoms. The Hall–Kier alpha value is -0.870. The average molecular weight is 280 g/mol. The van der Waals surface area contributed by atoms with E-state index in [0.29, 0.717) is 5.75 Å². The molecule has 0 N–H and O–H groups in total. The third-order valence-corrected chi connectivity index (χ3v) is 6.20. The van der Waals surface area contributed by atoms with Gasteiger partial charge in [0, 0.05) is 26.9 Å². The van der Waals surface area contributed by atoms with Crippen LogP contribution in [0.4, 0.5) is 0 Å². The lowest BCUT2D eigenvalue weighted by Crippen LogP contribution is -2.41. The van der Waals surface area contributed by atoms with E-state index in [0.717, 1.165) is 31.0 Å². The molecule has 0 aliphatic carbocycles. The molecule has 2 aliphatic rings. The van der Waals surface area contributed by atoms with Crippen LogP contribution in [-0.4, -0.2) is 45.9 Å². The van der Waals surface area contributed by atoms with Gasteiger partial charge in [-0.25, -0.2) is 4.98 Å². The van der Waals surface area contributed by atoms with Crippen LogP contribution in [0.5, 0.6) is 0 Å². The highest BCUT2D eigenvalue weighted by Gasteiger charge is 2.46. The van der Waals surface area contributed by atoms with Gasteiger partial charge in [0.1, 0.15) is 5.03 Å². The monoisotopic (exact) mass is 280 g/mol. The van der Waals surface area contributed by atoms with Crippen LogP contribution in [0.2, 0.25) is 0 Å². The normalized spacial score (nSPS) is 28.6. The van der Waals surface area contributed by atoms with Crippen LogP contribution in [0.1, 0.15) is 32.3 Å². The van der Waals surface area contributed by atoms with E-state index in [1.807, 2.05) is 19.9 Å². The maximum atomic E-state index is 12.6. The molecule has 1 unspecified atom stereocenters. The Labute approximate surface area is 117 Å². The predicted molar refractivity (Wildman–Crippen MR) is 82.4 cm³/mol. The summed E-state index contributed by atoms with van der Waals surface area (Å²) in [6.07, 6.45) is 3.89. The zero-order chi connectivity index (χ0) is 14.1. The van der Waals surface area contributed by atoms with Gasteiger partial charge >= 0.3 is 0 Å². The molecule has 1 atom stereocenters. The lowest BCUT2D eigenvalue weighted by Gasteiger charge is -2.37. The molecular formula is C15H24N2OS. The summed E-state index contributed by atoms with van der Waals surface area (Å²) in [5.41, 5.74) is 1.28. The molecule has 1 fully saturated rings. The van der Waals surface area contributed by atoms with E-state index in [1.54, 1.807) is 6.20 Å². The molecule has 0 amide bonds. The van der Waals surface area contributed by atoms with Gasteiger partial charge in [-0.05, 0) is 50.5 Å². The van der Waals surface area contributed by atoms with Gasteiger partial charge < -0.3 is 4.90 Å². The molecule has 1 saturated heterocycles. The molecule has 4 heteroatoms. The minimum Gasteiger partial charge on any atom is -0.306 e. The average Bonchev–Trinajstić information content (AvgIpc) is 2.65. The van der Waals surface area contributed by atoms with Gasteiger partial charge in [0.25, 0.3) is 0 Å². The van der Waals surface area contributed by atoms with Crippen molar-refractivity contribution in [2.75, 3.05) is 25.9 Å². The Morgan fingerprint density at radius 1 is 1.37 bits per heavy atom. The number of likely N-dealkylation sites (tertiary alicyclic amines) is 1. The first-order valence-electron chi connectivity index (χ1n) is 7.03. The zero-order valence-electron chi connectivity index (χ0n) is 12.2. The second-order valence-electron chi connectivity index (χ2n) is 5.40. The fourth-order valence-corrected chi connectivity index (χ4v) is 5.56. The number of rotatable bonds is 0. The smallest absolute Gasteiger partial charge is 0.122 e. The quantitative estimate of drug-likeness (QED) is 0.683. The molecule has 0 radical (unpaired) electrons. The van der Waals surface area contributed by atoms with E-state index < -0.39 is 9.52 Å². The van der Waals surface area contributed by atoms with Gasteiger partial charge in [-0.2, -0.15) is 0 Å². The first-order chi connectivity index (χ1) is 9.04. The summed E-state index contributed by atoms with van der Waals surface area (Å²) >= 11 is 0. The highest BCUT2D eigenvalue weighted by molar-refractivity contribution is 8.00. The molecule has 3 heterocycles. The van der Waals surface area contributed by atoms with E-state index in [1.165, 1.54) is 5.56 Å². The van der Waals surface area contributed by atoms with E-state index in [-0.39, 0.29) is 5.41 Å². The van der Waals surface area contributed by atoms with Crippen molar-refractivity contribution in [1.82, 2.24) is 9.88 Å². The number of piperidine rings is 1. The fourth-order valence-electron chi connectivity index (χ4n) is 3.14. The summed E-state index contributed by atoms with van der Waals surface area (Å²) in [7, 11) is -0.0144. The SMILES string of the molecule is C=S1(=O)CC2(CCN(C)CC2)c2cccnc21.CC. The van der Waals surface area contributed by atoms with E-state index in [4.69, 9.17) is 0 Å². The minimum absolute atomic E-state index is 0.0783. The van der Waals surface area contributed by atoms with Crippen molar-refractivity contribution >= 4 is 15.4 Å². The first-order valence-corrected chi connectivity index (χ1v) is 8.92. The molecule has 106 valence electrons. The van der Waals surface area contributed by atoms with Crippen LogP contribution in [0.25, 0.3) is 0 Å². The minimum atomic E-state index is -2.16. The Bertz CT molecular complexity index is 543. The van der Waals surface area contributed by atoms with Crippen LogP contribution < -0.4 is 0 Å². The van der Waals surface area contributed by atoms with Crippen LogP contribution in [0.15, 0.2) is 23.4 Å². The number of hydrogen-bond acceptors (Lipinski definition) is 3. The van der Waals surface area contributed by atoms with Crippen molar-refractivity contribution in [3.8, 4) is 0 Å². The second kappa shape index (κ2) is 5.25. The first kappa shape index (κ1) is 14.5. The Kier molecular flexibility index (Phi) is 4.02. The largest absolute Gasteiger partial charge is 0.306 e. The van der Waals surface area contributed by atoms with Gasteiger partial charge in [0.15, 0.2) is 0 Å². The van der Waals surface area contributed by atoms with Crippen LogP contribution in [0, 0.1) is 0 Å². The fraction of sp³-hybridized carbons (Fsp3) is 0.600. The molecule has 3 rings (SSSR count). The van der Waals surface area contributed by atoms with Crippen molar-refractivity contribution in [2.45, 2.75) is 37.1 Å². The summed E-state index contributed by atoms with van der Waals surface area (Å²) in [6.45, 7) is 6.15. The third kappa shape index (κ3) is 2.43. The van der Waals surface area contributed by atoms with Crippen molar-refractivity contribution in [3.05, 3.63) is 23.9 Å². The van der Waals surface area contributed by atoms with Gasteiger partial charge in [-0.15, -0.1) is 0 Å². The van der Waals surface area contributed by atoms with Crippen molar-refractivity contribution < 1.29 is 4.21 Å². The summed E-state index contributed by atoms with van der Waals surface area (Å²) in [6, 6.07) is 4.06. The summed E-state index contributed by atoms with van der Waals surface area (Å²) in [4.78, 5) is 6.67. The van der Waals surface area contributed by atoms with Crippen LogP contribution >= 0.6 is 0 Å². The number of nitrogens with zero attached hydrogens (tertiary/aromatic N) is 2. The Morgan fingerprint density at radius 3 is 2.63 bits per heavy atom. The lowest BCUT2D eigenvalue weighted by molar-refractivity contribution is 0.203. The summed E-state index contributed by atoms with van der Waals surface area (Å²) in [5, 5.41) is 0.768. The van der Waals surface area contributed by atoms with Crippen molar-refractivity contribution in [1.29, 1.82) is 0 Å². The van der Waals surface area contributed by atoms with Crippen LogP contribution in [0.3, 0.4) is 0 Å². The van der Waals surface area contributed by atoms with Gasteiger partial charge in [-0.1, -0.05) is 19.9 Å². The molecule has 0 aromatic carbocycles.